The molecule has 7 rings (SSSR count). The number of hydrogen-bond acceptors (Lipinski definition) is 5. The van der Waals surface area contributed by atoms with Gasteiger partial charge in [-0.15, -0.1) is 0 Å². The number of aryl methyl sites for hydroxylation is 2. The van der Waals surface area contributed by atoms with Crippen LogP contribution in [0.25, 0.3) is 33.4 Å². The lowest BCUT2D eigenvalue weighted by atomic mass is 9.77. The minimum absolute atomic E-state index is 0.0472. The van der Waals surface area contributed by atoms with Crippen LogP contribution in [0.2, 0.25) is 0 Å². The molecular weight excluding hydrogens is 960 g/mol. The van der Waals surface area contributed by atoms with E-state index >= 15 is 17.6 Å². The van der Waals surface area contributed by atoms with Crippen molar-refractivity contribution >= 4 is 17.8 Å². The molecule has 0 saturated carbocycles. The molecule has 0 radical (unpaired) electrons. The van der Waals surface area contributed by atoms with Gasteiger partial charge in [0.1, 0.15) is 11.5 Å². The van der Waals surface area contributed by atoms with E-state index in [-0.39, 0.29) is 46.2 Å². The van der Waals surface area contributed by atoms with Crippen LogP contribution in [0.3, 0.4) is 0 Å². The minimum Gasteiger partial charge on any atom is -0.403 e. The summed E-state index contributed by atoms with van der Waals surface area (Å²) in [5.41, 5.74) is 2.63. The molecule has 3 aliphatic rings. The topological polar surface area (TPSA) is 81.7 Å². The van der Waals surface area contributed by atoms with Crippen LogP contribution in [0.1, 0.15) is 47.9 Å². The maximum absolute atomic E-state index is 15.7. The van der Waals surface area contributed by atoms with E-state index in [0.717, 1.165) is 0 Å². The minimum atomic E-state index is -9.06. The number of benzene rings is 4. The molecule has 6 nitrogen and oxygen atoms in total. The summed E-state index contributed by atoms with van der Waals surface area (Å²) in [5.74, 6) is -54.2. The second kappa shape index (κ2) is 15.5. The fourth-order valence-electron chi connectivity index (χ4n) is 7.97. The Morgan fingerprint density at radius 3 is 1.18 bits per heavy atom. The van der Waals surface area contributed by atoms with Gasteiger partial charge in [-0.3, -0.25) is 0 Å². The van der Waals surface area contributed by atoms with Crippen molar-refractivity contribution in [3.63, 3.8) is 0 Å². The van der Waals surface area contributed by atoms with Crippen LogP contribution in [0.5, 0.6) is 11.5 Å². The standard InChI is InChI=1S/C40H29F17NO5PS/c41-33(42,35(45,46)37(49,50)39(53,54)55)34(43,44)36(47,48)38(51,52)40(56,57)65(60,61)58-64(59)62-31-27(21-11-3-1-4-12-21)19-23-15-7-9-17-25(23)29(31)30-26-18-10-8-16-24(26)20-28(32(30)63-64)22-13-5-2-6-14-22/h1-6,11-14,19-20H,7-10,15-18H2,(H,58,59). The molecule has 2 aliphatic carbocycles. The summed E-state index contributed by atoms with van der Waals surface area (Å²) >= 11 is 0. The first-order valence-electron chi connectivity index (χ1n) is 19.0. The number of fused-ring (bicyclic) bond motifs is 7. The van der Waals surface area contributed by atoms with Crippen LogP contribution < -0.4 is 13.5 Å². The first-order chi connectivity index (χ1) is 29.8. The smallest absolute Gasteiger partial charge is 0.403 e. The quantitative estimate of drug-likeness (QED) is 0.120. The second-order valence-electron chi connectivity index (χ2n) is 15.4. The fraction of sp³-hybridized carbons (Fsp3) is 0.400. The SMILES string of the molecule is O=P1(NS(=O)(=O)C(F)(F)C(F)(F)C(F)(F)C(F)(F)C(F)(F)C(F)(F)C(F)(F)C(F)(F)F)Oc2c(-c3ccccc3)cc3c(c2-c2c4c(cc(-c5ccccc5)c2O1)CCCC4)CCCC3. The van der Waals surface area contributed by atoms with Crippen molar-refractivity contribution in [1.29, 1.82) is 0 Å². The molecule has 1 aliphatic heterocycles. The Kier molecular flexibility index (Phi) is 11.5. The van der Waals surface area contributed by atoms with Crippen LogP contribution in [-0.4, -0.2) is 55.4 Å². The lowest BCUT2D eigenvalue weighted by molar-refractivity contribution is -0.458. The molecule has 1 heterocycles. The molecule has 0 unspecified atom stereocenters. The lowest BCUT2D eigenvalue weighted by Gasteiger charge is -2.42. The number of rotatable bonds is 11. The summed E-state index contributed by atoms with van der Waals surface area (Å²) in [6.07, 6.45) is -4.42. The Balaban J connectivity index is 1.44. The molecule has 0 atom stereocenters. The first-order valence-corrected chi connectivity index (χ1v) is 22.0. The van der Waals surface area contributed by atoms with Crippen LogP contribution in [0.4, 0.5) is 74.6 Å². The predicted octanol–water partition coefficient (Wildman–Crippen LogP) is 13.2. The molecule has 0 fully saturated rings. The number of nitrogens with one attached hydrogen (secondary N) is 1. The molecule has 0 amide bonds. The van der Waals surface area contributed by atoms with Crippen LogP contribution in [0, 0.1) is 0 Å². The van der Waals surface area contributed by atoms with Crippen molar-refractivity contribution in [3.8, 4) is 44.9 Å². The highest BCUT2D eigenvalue weighted by Gasteiger charge is 2.96. The third kappa shape index (κ3) is 7.16. The Labute approximate surface area is 356 Å². The highest BCUT2D eigenvalue weighted by Crippen LogP contribution is 2.66. The van der Waals surface area contributed by atoms with Gasteiger partial charge in [0.25, 0.3) is 10.0 Å². The van der Waals surface area contributed by atoms with Gasteiger partial charge >= 0.3 is 54.7 Å². The van der Waals surface area contributed by atoms with Crippen molar-refractivity contribution in [2.24, 2.45) is 0 Å². The number of halogens is 17. The van der Waals surface area contributed by atoms with Gasteiger partial charge in [-0.2, -0.15) is 74.6 Å². The van der Waals surface area contributed by atoms with E-state index in [0.29, 0.717) is 65.3 Å². The molecule has 25 heteroatoms. The Bertz CT molecular complexity index is 2560. The molecule has 354 valence electrons. The van der Waals surface area contributed by atoms with E-state index in [2.05, 4.69) is 0 Å². The molecule has 0 spiro atoms. The molecule has 1 N–H and O–H groups in total. The van der Waals surface area contributed by atoms with E-state index in [1.165, 1.54) is 60.7 Å². The summed E-state index contributed by atoms with van der Waals surface area (Å²) in [4.78, 5) is 0. The predicted molar refractivity (Wildman–Crippen MR) is 198 cm³/mol. The van der Waals surface area contributed by atoms with Gasteiger partial charge < -0.3 is 9.05 Å². The zero-order valence-electron chi connectivity index (χ0n) is 32.4. The van der Waals surface area contributed by atoms with E-state index in [9.17, 15) is 70.1 Å². The second-order valence-corrected chi connectivity index (χ2v) is 19.0. The summed E-state index contributed by atoms with van der Waals surface area (Å²) in [6, 6.07) is 17.8. The fourth-order valence-corrected chi connectivity index (χ4v) is 11.3. The van der Waals surface area contributed by atoms with Gasteiger partial charge in [0.2, 0.25) is 0 Å². The molecule has 0 saturated heterocycles. The first kappa shape index (κ1) is 48.4. The van der Waals surface area contributed by atoms with Crippen molar-refractivity contribution < 1.29 is 96.7 Å². The third-order valence-electron chi connectivity index (χ3n) is 11.3. The van der Waals surface area contributed by atoms with E-state index in [1.54, 1.807) is 12.1 Å². The normalized spacial score (nSPS) is 17.4. The largest absolute Gasteiger partial charge is 0.526 e. The highest BCUT2D eigenvalue weighted by molar-refractivity contribution is 7.95. The summed E-state index contributed by atoms with van der Waals surface area (Å²) in [5, 5.41) is -8.05. The monoisotopic (exact) mass is 989 g/mol. The van der Waals surface area contributed by atoms with Gasteiger partial charge in [0.15, 0.2) is 0 Å². The Hall–Kier alpha value is -4.57. The van der Waals surface area contributed by atoms with Crippen molar-refractivity contribution in [1.82, 2.24) is 4.49 Å². The van der Waals surface area contributed by atoms with Gasteiger partial charge in [0, 0.05) is 22.3 Å². The van der Waals surface area contributed by atoms with Crippen LogP contribution in [0.15, 0.2) is 72.8 Å². The lowest BCUT2D eigenvalue weighted by Crippen LogP contribution is -2.75. The molecular formula is C40H29F17NO5PS. The van der Waals surface area contributed by atoms with E-state index < -0.39 is 76.2 Å². The van der Waals surface area contributed by atoms with Crippen LogP contribution in [-0.2, 0) is 40.3 Å². The maximum atomic E-state index is 15.7. The molecule has 4 aromatic rings. The van der Waals surface area contributed by atoms with Gasteiger partial charge in [0.05, 0.1) is 0 Å². The zero-order chi connectivity index (χ0) is 48.2. The summed E-state index contributed by atoms with van der Waals surface area (Å²) < 4.78 is 295. The molecule has 0 bridgehead atoms. The third-order valence-corrected chi connectivity index (χ3v) is 14.9. The molecule has 65 heavy (non-hydrogen) atoms. The van der Waals surface area contributed by atoms with Crippen LogP contribution >= 0.6 is 7.75 Å². The Morgan fingerprint density at radius 2 is 0.815 bits per heavy atom. The summed E-state index contributed by atoms with van der Waals surface area (Å²) in [6.45, 7) is 0. The van der Waals surface area contributed by atoms with E-state index in [1.807, 2.05) is 0 Å². The molecule has 0 aromatic heterocycles. The Morgan fingerprint density at radius 1 is 0.477 bits per heavy atom. The molecule has 4 aromatic carbocycles. The van der Waals surface area contributed by atoms with Crippen molar-refractivity contribution in [2.75, 3.05) is 0 Å². The van der Waals surface area contributed by atoms with E-state index in [4.69, 9.17) is 9.05 Å². The van der Waals surface area contributed by atoms with Gasteiger partial charge in [-0.05, 0) is 96.9 Å². The maximum Gasteiger partial charge on any atom is 0.526 e. The average Bonchev–Trinajstić information content (AvgIpc) is 3.36. The number of sulfonamides is 1. The van der Waals surface area contributed by atoms with Gasteiger partial charge in [-0.1, -0.05) is 65.2 Å². The average molecular weight is 990 g/mol. The number of alkyl halides is 17. The number of hydrogen-bond donors (Lipinski definition) is 1. The van der Waals surface area contributed by atoms with Crippen molar-refractivity contribution in [2.45, 2.75) is 98.3 Å². The summed E-state index contributed by atoms with van der Waals surface area (Å²) in [7, 11) is -14.7. The van der Waals surface area contributed by atoms with Gasteiger partial charge in [-0.25, -0.2) is 13.0 Å². The highest BCUT2D eigenvalue weighted by atomic mass is 32.2. The van der Waals surface area contributed by atoms with Crippen molar-refractivity contribution in [3.05, 3.63) is 95.1 Å². The zero-order valence-corrected chi connectivity index (χ0v) is 34.1.